The summed E-state index contributed by atoms with van der Waals surface area (Å²) < 4.78 is 10.6. The van der Waals surface area contributed by atoms with Crippen LogP contribution in [0.4, 0.5) is 0 Å². The number of aryl methyl sites for hydroxylation is 1. The maximum Gasteiger partial charge on any atom is 0.222 e. The Morgan fingerprint density at radius 1 is 1.04 bits per heavy atom. The molecule has 2 rings (SSSR count). The number of hydrogen-bond acceptors (Lipinski definition) is 4. The fraction of sp³-hybridized carbons (Fsp3) is 0.611. The first-order chi connectivity index (χ1) is 11.2. The molecular formula is C18H28N2O3. The summed E-state index contributed by atoms with van der Waals surface area (Å²) in [5, 5.41) is 0. The van der Waals surface area contributed by atoms with Crippen LogP contribution in [-0.2, 0) is 11.2 Å². The van der Waals surface area contributed by atoms with E-state index in [4.69, 9.17) is 9.47 Å². The highest BCUT2D eigenvalue weighted by molar-refractivity contribution is 5.76. The van der Waals surface area contributed by atoms with E-state index in [0.717, 1.165) is 56.2 Å². The number of benzene rings is 1. The van der Waals surface area contributed by atoms with Crippen molar-refractivity contribution in [1.29, 1.82) is 0 Å². The lowest BCUT2D eigenvalue weighted by Crippen LogP contribution is -2.35. The number of hydrogen-bond donors (Lipinski definition) is 0. The fourth-order valence-corrected chi connectivity index (χ4v) is 2.96. The minimum absolute atomic E-state index is 0.240. The lowest BCUT2D eigenvalue weighted by atomic mass is 10.1. The molecule has 0 bridgehead atoms. The molecule has 23 heavy (non-hydrogen) atoms. The van der Waals surface area contributed by atoms with E-state index in [2.05, 4.69) is 11.8 Å². The number of ether oxygens (including phenoxy) is 2. The Bertz CT molecular complexity index is 497. The van der Waals surface area contributed by atoms with Gasteiger partial charge >= 0.3 is 0 Å². The molecule has 5 nitrogen and oxygen atoms in total. The van der Waals surface area contributed by atoms with Crippen LogP contribution in [0.3, 0.4) is 0 Å². The summed E-state index contributed by atoms with van der Waals surface area (Å²) in [6.07, 6.45) is 2.30. The summed E-state index contributed by atoms with van der Waals surface area (Å²) in [7, 11) is 3.28. The van der Waals surface area contributed by atoms with Crippen molar-refractivity contribution >= 4 is 5.91 Å². The zero-order valence-corrected chi connectivity index (χ0v) is 14.5. The van der Waals surface area contributed by atoms with E-state index < -0.39 is 0 Å². The van der Waals surface area contributed by atoms with Gasteiger partial charge in [-0.2, -0.15) is 0 Å². The third-order valence-corrected chi connectivity index (χ3v) is 4.43. The number of nitrogens with zero attached hydrogens (tertiary/aromatic N) is 2. The minimum Gasteiger partial charge on any atom is -0.497 e. The summed E-state index contributed by atoms with van der Waals surface area (Å²) in [6, 6.07) is 5.79. The molecule has 1 saturated heterocycles. The zero-order valence-electron chi connectivity index (χ0n) is 14.5. The van der Waals surface area contributed by atoms with E-state index in [1.54, 1.807) is 14.2 Å². The summed E-state index contributed by atoms with van der Waals surface area (Å²) in [5.41, 5.74) is 1.07. The van der Waals surface area contributed by atoms with Crippen LogP contribution < -0.4 is 9.47 Å². The van der Waals surface area contributed by atoms with Gasteiger partial charge in [-0.1, -0.05) is 6.92 Å². The zero-order chi connectivity index (χ0) is 16.7. The molecule has 1 aromatic rings. The number of rotatable bonds is 6. The number of likely N-dealkylation sites (N-methyl/N-ethyl adjacent to an activating group) is 1. The summed E-state index contributed by atoms with van der Waals surface area (Å²) in [5.74, 6) is 1.77. The Hall–Kier alpha value is -1.75. The van der Waals surface area contributed by atoms with Gasteiger partial charge in [-0.15, -0.1) is 0 Å². The van der Waals surface area contributed by atoms with Gasteiger partial charge in [0.25, 0.3) is 0 Å². The first-order valence-electron chi connectivity index (χ1n) is 8.38. The molecular weight excluding hydrogens is 292 g/mol. The van der Waals surface area contributed by atoms with Gasteiger partial charge in [0, 0.05) is 32.1 Å². The molecule has 1 fully saturated rings. The normalized spacial score (nSPS) is 16.0. The molecule has 0 saturated carbocycles. The largest absolute Gasteiger partial charge is 0.497 e. The van der Waals surface area contributed by atoms with E-state index in [1.807, 2.05) is 23.1 Å². The monoisotopic (exact) mass is 320 g/mol. The molecule has 0 spiro atoms. The molecule has 0 aliphatic carbocycles. The van der Waals surface area contributed by atoms with Crippen LogP contribution in [0.25, 0.3) is 0 Å². The number of carbonyl (C=O) groups excluding carboxylic acids is 1. The van der Waals surface area contributed by atoms with Crippen LogP contribution in [0.2, 0.25) is 0 Å². The predicted molar refractivity (Wildman–Crippen MR) is 91.2 cm³/mol. The van der Waals surface area contributed by atoms with Gasteiger partial charge in [0.2, 0.25) is 5.91 Å². The first kappa shape index (κ1) is 17.6. The topological polar surface area (TPSA) is 42.0 Å². The molecule has 1 aliphatic heterocycles. The third-order valence-electron chi connectivity index (χ3n) is 4.43. The van der Waals surface area contributed by atoms with Gasteiger partial charge in [-0.3, -0.25) is 4.79 Å². The smallest absolute Gasteiger partial charge is 0.222 e. The molecule has 1 heterocycles. The fourth-order valence-electron chi connectivity index (χ4n) is 2.96. The summed E-state index contributed by atoms with van der Waals surface area (Å²) in [4.78, 5) is 16.9. The molecule has 0 atom stereocenters. The number of methoxy groups -OCH3 is 2. The van der Waals surface area contributed by atoms with E-state index in [0.29, 0.717) is 12.8 Å². The van der Waals surface area contributed by atoms with Crippen molar-refractivity contribution in [3.63, 3.8) is 0 Å². The third kappa shape index (κ3) is 5.13. The first-order valence-corrected chi connectivity index (χ1v) is 8.38. The quantitative estimate of drug-likeness (QED) is 0.806. The Labute approximate surface area is 139 Å². The van der Waals surface area contributed by atoms with Gasteiger partial charge in [-0.25, -0.2) is 0 Å². The van der Waals surface area contributed by atoms with Crippen molar-refractivity contribution in [2.45, 2.75) is 26.2 Å². The Kier molecular flexibility index (Phi) is 6.71. The van der Waals surface area contributed by atoms with Gasteiger partial charge < -0.3 is 19.3 Å². The molecule has 5 heteroatoms. The van der Waals surface area contributed by atoms with Crippen molar-refractivity contribution in [2.75, 3.05) is 46.9 Å². The molecule has 0 radical (unpaired) electrons. The van der Waals surface area contributed by atoms with Crippen LogP contribution in [0.15, 0.2) is 18.2 Å². The maximum atomic E-state index is 12.5. The molecule has 0 N–H and O–H groups in total. The average molecular weight is 320 g/mol. The minimum atomic E-state index is 0.240. The maximum absolute atomic E-state index is 12.5. The van der Waals surface area contributed by atoms with Crippen LogP contribution >= 0.6 is 0 Å². The highest BCUT2D eigenvalue weighted by Gasteiger charge is 2.18. The second-order valence-electron chi connectivity index (χ2n) is 5.89. The predicted octanol–water partition coefficient (Wildman–Crippen LogP) is 2.19. The molecule has 0 aromatic heterocycles. The summed E-state index contributed by atoms with van der Waals surface area (Å²) in [6.45, 7) is 7.02. The number of carbonyl (C=O) groups is 1. The van der Waals surface area contributed by atoms with Crippen molar-refractivity contribution in [2.24, 2.45) is 0 Å². The van der Waals surface area contributed by atoms with Gasteiger partial charge in [-0.05, 0) is 43.6 Å². The van der Waals surface area contributed by atoms with Crippen molar-refractivity contribution in [1.82, 2.24) is 9.80 Å². The Balaban J connectivity index is 1.91. The summed E-state index contributed by atoms with van der Waals surface area (Å²) >= 11 is 0. The molecule has 0 unspecified atom stereocenters. The van der Waals surface area contributed by atoms with Crippen molar-refractivity contribution in [3.8, 4) is 11.5 Å². The molecule has 128 valence electrons. The Morgan fingerprint density at radius 3 is 2.35 bits per heavy atom. The van der Waals surface area contributed by atoms with Crippen LogP contribution in [-0.4, -0.2) is 62.7 Å². The van der Waals surface area contributed by atoms with Gasteiger partial charge in [0.15, 0.2) is 0 Å². The van der Waals surface area contributed by atoms with E-state index in [-0.39, 0.29) is 5.91 Å². The molecule has 1 amide bonds. The SMILES string of the molecule is CCN1CCCN(C(=O)CCc2cc(OC)cc(OC)c2)CC1. The lowest BCUT2D eigenvalue weighted by molar-refractivity contribution is -0.131. The van der Waals surface area contributed by atoms with Crippen molar-refractivity contribution in [3.05, 3.63) is 23.8 Å². The number of amides is 1. The van der Waals surface area contributed by atoms with Crippen LogP contribution in [0, 0.1) is 0 Å². The van der Waals surface area contributed by atoms with E-state index in [1.165, 1.54) is 0 Å². The second-order valence-corrected chi connectivity index (χ2v) is 5.89. The van der Waals surface area contributed by atoms with E-state index >= 15 is 0 Å². The van der Waals surface area contributed by atoms with Crippen LogP contribution in [0.5, 0.6) is 11.5 Å². The van der Waals surface area contributed by atoms with Gasteiger partial charge in [0.1, 0.15) is 11.5 Å². The van der Waals surface area contributed by atoms with Gasteiger partial charge in [0.05, 0.1) is 14.2 Å². The van der Waals surface area contributed by atoms with E-state index in [9.17, 15) is 4.79 Å². The molecule has 1 aliphatic rings. The highest BCUT2D eigenvalue weighted by atomic mass is 16.5. The average Bonchev–Trinajstić information content (AvgIpc) is 2.84. The standard InChI is InChI=1S/C18H28N2O3/c1-4-19-8-5-9-20(11-10-19)18(21)7-6-15-12-16(22-2)14-17(13-15)23-3/h12-14H,4-11H2,1-3H3. The second kappa shape index (κ2) is 8.77. The molecule has 1 aromatic carbocycles. The van der Waals surface area contributed by atoms with Crippen LogP contribution in [0.1, 0.15) is 25.3 Å². The van der Waals surface area contributed by atoms with Crippen molar-refractivity contribution < 1.29 is 14.3 Å². The lowest BCUT2D eigenvalue weighted by Gasteiger charge is -2.21. The highest BCUT2D eigenvalue weighted by Crippen LogP contribution is 2.23. The Morgan fingerprint density at radius 2 is 1.74 bits per heavy atom.